The minimum atomic E-state index is -0.866. The quantitative estimate of drug-likeness (QED) is 0.622. The fourth-order valence-corrected chi connectivity index (χ4v) is 1.82. The third-order valence-electron chi connectivity index (χ3n) is 1.60. The molecule has 1 aromatic carbocycles. The molecule has 0 bridgehead atoms. The van der Waals surface area contributed by atoms with Crippen LogP contribution in [0.25, 0.3) is 0 Å². The van der Waals surface area contributed by atoms with Crippen LogP contribution in [0.5, 0.6) is 0 Å². The van der Waals surface area contributed by atoms with E-state index in [2.05, 4.69) is 0 Å². The molecule has 2 N–H and O–H groups in total. The number of nitriles is 1. The van der Waals surface area contributed by atoms with Gasteiger partial charge in [-0.15, -0.1) is 0 Å². The Kier molecular flexibility index (Phi) is 3.88. The molecule has 1 unspecified atom stereocenters. The van der Waals surface area contributed by atoms with Gasteiger partial charge in [0, 0.05) is 5.56 Å². The van der Waals surface area contributed by atoms with Crippen molar-refractivity contribution >= 4 is 46.4 Å². The lowest BCUT2D eigenvalue weighted by Gasteiger charge is -2.09. The first-order valence-electron chi connectivity index (χ1n) is 3.47. The Balaban J connectivity index is 3.42. The van der Waals surface area contributed by atoms with Crippen LogP contribution in [0.2, 0.25) is 20.1 Å². The number of nitrogens with two attached hydrogens (primary N) is 1. The normalized spacial score (nSPS) is 12.3. The predicted molar refractivity (Wildman–Crippen MR) is 59.0 cm³/mol. The van der Waals surface area contributed by atoms with Crippen LogP contribution in [-0.2, 0) is 0 Å². The molecule has 1 rings (SSSR count). The summed E-state index contributed by atoms with van der Waals surface area (Å²) in [4.78, 5) is 0. The van der Waals surface area contributed by atoms with Crippen LogP contribution in [0.3, 0.4) is 0 Å². The highest BCUT2D eigenvalue weighted by Gasteiger charge is 2.17. The highest BCUT2D eigenvalue weighted by Crippen LogP contribution is 2.39. The van der Waals surface area contributed by atoms with E-state index in [1.165, 1.54) is 6.07 Å². The molecule has 2 nitrogen and oxygen atoms in total. The van der Waals surface area contributed by atoms with Crippen LogP contribution in [0, 0.1) is 11.3 Å². The Morgan fingerprint density at radius 3 is 2.21 bits per heavy atom. The molecule has 0 aliphatic heterocycles. The number of hydrogen-bond acceptors (Lipinski definition) is 2. The largest absolute Gasteiger partial charge is 0.312 e. The second kappa shape index (κ2) is 4.57. The molecular weight excluding hydrogens is 266 g/mol. The Morgan fingerprint density at radius 1 is 1.14 bits per heavy atom. The molecule has 1 atom stereocenters. The van der Waals surface area contributed by atoms with Crippen molar-refractivity contribution in [3.63, 3.8) is 0 Å². The zero-order valence-corrected chi connectivity index (χ0v) is 9.71. The Morgan fingerprint density at radius 2 is 1.71 bits per heavy atom. The van der Waals surface area contributed by atoms with E-state index in [0.29, 0.717) is 5.56 Å². The highest BCUT2D eigenvalue weighted by atomic mass is 35.5. The summed E-state index contributed by atoms with van der Waals surface area (Å²) < 4.78 is 0. The van der Waals surface area contributed by atoms with Crippen LogP contribution >= 0.6 is 46.4 Å². The van der Waals surface area contributed by atoms with Gasteiger partial charge in [-0.05, 0) is 6.07 Å². The van der Waals surface area contributed by atoms with E-state index in [9.17, 15) is 0 Å². The summed E-state index contributed by atoms with van der Waals surface area (Å²) >= 11 is 23.1. The molecule has 0 heterocycles. The van der Waals surface area contributed by atoms with Crippen molar-refractivity contribution in [2.24, 2.45) is 5.73 Å². The number of rotatable bonds is 1. The molecule has 0 fully saturated rings. The van der Waals surface area contributed by atoms with Gasteiger partial charge in [0.2, 0.25) is 0 Å². The number of hydrogen-bond donors (Lipinski definition) is 1. The van der Waals surface area contributed by atoms with Crippen molar-refractivity contribution < 1.29 is 0 Å². The van der Waals surface area contributed by atoms with Crippen LogP contribution in [-0.4, -0.2) is 0 Å². The van der Waals surface area contributed by atoms with Crippen LogP contribution in [0.1, 0.15) is 11.6 Å². The SMILES string of the molecule is N#CC(N)c1cc(Cl)c(Cl)c(Cl)c1Cl. The lowest BCUT2D eigenvalue weighted by Crippen LogP contribution is -2.08. The number of nitrogens with zero attached hydrogens (tertiary/aromatic N) is 1. The van der Waals surface area contributed by atoms with Gasteiger partial charge in [0.25, 0.3) is 0 Å². The van der Waals surface area contributed by atoms with Crippen molar-refractivity contribution in [1.82, 2.24) is 0 Å². The summed E-state index contributed by atoms with van der Waals surface area (Å²) in [5, 5.41) is 9.27. The summed E-state index contributed by atoms with van der Waals surface area (Å²) in [5.74, 6) is 0. The molecule has 14 heavy (non-hydrogen) atoms. The third-order valence-corrected chi connectivity index (χ3v) is 3.37. The van der Waals surface area contributed by atoms with Gasteiger partial charge >= 0.3 is 0 Å². The monoisotopic (exact) mass is 268 g/mol. The third kappa shape index (κ3) is 2.08. The van der Waals surface area contributed by atoms with Gasteiger partial charge in [-0.3, -0.25) is 0 Å². The smallest absolute Gasteiger partial charge is 0.120 e. The van der Waals surface area contributed by atoms with E-state index in [-0.39, 0.29) is 20.1 Å². The lowest BCUT2D eigenvalue weighted by molar-refractivity contribution is 0.927. The van der Waals surface area contributed by atoms with Crippen LogP contribution in [0.15, 0.2) is 6.07 Å². The maximum Gasteiger partial charge on any atom is 0.120 e. The average Bonchev–Trinajstić information content (AvgIpc) is 2.19. The molecule has 74 valence electrons. The molecule has 1 aromatic rings. The van der Waals surface area contributed by atoms with E-state index < -0.39 is 6.04 Å². The molecule has 0 saturated carbocycles. The van der Waals surface area contributed by atoms with Crippen LogP contribution < -0.4 is 5.73 Å². The maximum atomic E-state index is 8.61. The maximum absolute atomic E-state index is 8.61. The number of benzene rings is 1. The highest BCUT2D eigenvalue weighted by molar-refractivity contribution is 6.52. The van der Waals surface area contributed by atoms with Crippen LogP contribution in [0.4, 0.5) is 0 Å². The lowest BCUT2D eigenvalue weighted by atomic mass is 10.1. The van der Waals surface area contributed by atoms with Gasteiger partial charge in [-0.2, -0.15) is 5.26 Å². The van der Waals surface area contributed by atoms with Crippen molar-refractivity contribution in [2.45, 2.75) is 6.04 Å². The van der Waals surface area contributed by atoms with Gasteiger partial charge in [-0.25, -0.2) is 0 Å². The Labute approximate surface area is 101 Å². The molecular formula is C8H4Cl4N2. The zero-order valence-electron chi connectivity index (χ0n) is 6.69. The minimum absolute atomic E-state index is 0.113. The van der Waals surface area contributed by atoms with Gasteiger partial charge in [0.1, 0.15) is 6.04 Å². The first-order chi connectivity index (χ1) is 6.49. The van der Waals surface area contributed by atoms with E-state index in [1.807, 2.05) is 6.07 Å². The standard InChI is InChI=1S/C8H4Cl4N2/c9-4-1-3(5(14)2-13)6(10)8(12)7(4)11/h1,5H,14H2. The molecule has 0 aliphatic carbocycles. The average molecular weight is 270 g/mol. The molecule has 0 aliphatic rings. The first kappa shape index (κ1) is 11.9. The van der Waals surface area contributed by atoms with Gasteiger partial charge in [0.05, 0.1) is 26.2 Å². The fourth-order valence-electron chi connectivity index (χ4n) is 0.887. The second-order valence-electron chi connectivity index (χ2n) is 2.50. The molecule has 0 amide bonds. The fraction of sp³-hybridized carbons (Fsp3) is 0.125. The molecule has 0 aromatic heterocycles. The molecule has 6 heteroatoms. The van der Waals surface area contributed by atoms with Crippen molar-refractivity contribution in [1.29, 1.82) is 5.26 Å². The van der Waals surface area contributed by atoms with Gasteiger partial charge in [-0.1, -0.05) is 46.4 Å². The zero-order chi connectivity index (χ0) is 10.9. The Hall–Kier alpha value is -0.170. The van der Waals surface area contributed by atoms with E-state index >= 15 is 0 Å². The van der Waals surface area contributed by atoms with E-state index in [1.54, 1.807) is 0 Å². The first-order valence-corrected chi connectivity index (χ1v) is 4.98. The molecule has 0 saturated heterocycles. The molecule has 0 spiro atoms. The van der Waals surface area contributed by atoms with E-state index in [0.717, 1.165) is 0 Å². The summed E-state index contributed by atoms with van der Waals surface area (Å²) in [5.41, 5.74) is 5.85. The van der Waals surface area contributed by atoms with Crippen molar-refractivity contribution in [3.8, 4) is 6.07 Å². The van der Waals surface area contributed by atoms with Gasteiger partial charge < -0.3 is 5.73 Å². The van der Waals surface area contributed by atoms with Crippen molar-refractivity contribution in [2.75, 3.05) is 0 Å². The summed E-state index contributed by atoms with van der Waals surface area (Å²) in [6, 6.07) is 2.40. The van der Waals surface area contributed by atoms with E-state index in [4.69, 9.17) is 57.4 Å². The minimum Gasteiger partial charge on any atom is -0.312 e. The summed E-state index contributed by atoms with van der Waals surface area (Å²) in [6.45, 7) is 0. The topological polar surface area (TPSA) is 49.8 Å². The summed E-state index contributed by atoms with van der Waals surface area (Å²) in [7, 11) is 0. The Bertz CT molecular complexity index is 411. The predicted octanol–water partition coefficient (Wildman–Crippen LogP) is 3.82. The number of halogens is 4. The second-order valence-corrected chi connectivity index (χ2v) is 4.04. The van der Waals surface area contributed by atoms with Gasteiger partial charge in [0.15, 0.2) is 0 Å². The molecule has 0 radical (unpaired) electrons. The summed E-state index contributed by atoms with van der Waals surface area (Å²) in [6.07, 6.45) is 0. The van der Waals surface area contributed by atoms with Crippen molar-refractivity contribution in [3.05, 3.63) is 31.7 Å².